The summed E-state index contributed by atoms with van der Waals surface area (Å²) in [5.41, 5.74) is 1.91. The first-order chi connectivity index (χ1) is 14.9. The molecule has 0 amide bonds. The number of allylic oxidation sites excluding steroid dienone is 3. The summed E-state index contributed by atoms with van der Waals surface area (Å²) in [7, 11) is 0. The molecule has 0 aromatic heterocycles. The first kappa shape index (κ1) is 25.0. The lowest BCUT2D eigenvalue weighted by Crippen LogP contribution is -2.14. The molecule has 1 fully saturated rings. The summed E-state index contributed by atoms with van der Waals surface area (Å²) in [5.74, 6) is -0.216. The Morgan fingerprint density at radius 1 is 1.13 bits per heavy atom. The molecule has 0 radical (unpaired) electrons. The van der Waals surface area contributed by atoms with E-state index in [1.165, 1.54) is 0 Å². The van der Waals surface area contributed by atoms with Crippen LogP contribution in [0.15, 0.2) is 54.1 Å². The first-order valence-corrected chi connectivity index (χ1v) is 11.3. The third-order valence-corrected chi connectivity index (χ3v) is 5.52. The number of esters is 1. The monoisotopic (exact) mass is 428 g/mol. The molecule has 0 heterocycles. The zero-order chi connectivity index (χ0) is 22.6. The van der Waals surface area contributed by atoms with Crippen molar-refractivity contribution in [3.8, 4) is 0 Å². The number of hydrogen-bond donors (Lipinski definition) is 2. The van der Waals surface area contributed by atoms with Crippen LogP contribution in [0.3, 0.4) is 0 Å². The van der Waals surface area contributed by atoms with Gasteiger partial charge in [0.2, 0.25) is 0 Å². The summed E-state index contributed by atoms with van der Waals surface area (Å²) in [5, 5.41) is 20.6. The number of carbonyl (C=O) groups is 2. The number of hydrogen-bond acceptors (Lipinski definition) is 5. The minimum absolute atomic E-state index is 0.0891. The smallest absolute Gasteiger partial charge is 0.306 e. The second-order valence-corrected chi connectivity index (χ2v) is 8.50. The molecule has 0 saturated heterocycles. The Hall–Kier alpha value is -2.24. The zero-order valence-corrected chi connectivity index (χ0v) is 18.7. The van der Waals surface area contributed by atoms with E-state index in [1.807, 2.05) is 62.4 Å². The van der Waals surface area contributed by atoms with Crippen molar-refractivity contribution in [2.75, 3.05) is 0 Å². The van der Waals surface area contributed by atoms with Crippen LogP contribution in [0.5, 0.6) is 0 Å². The highest BCUT2D eigenvalue weighted by Gasteiger charge is 2.35. The van der Waals surface area contributed by atoms with E-state index in [4.69, 9.17) is 4.74 Å². The van der Waals surface area contributed by atoms with Crippen molar-refractivity contribution in [2.24, 2.45) is 5.92 Å². The van der Waals surface area contributed by atoms with E-state index >= 15 is 0 Å². The molecule has 1 aromatic rings. The average molecular weight is 429 g/mol. The molecule has 2 N–H and O–H groups in total. The highest BCUT2D eigenvalue weighted by atomic mass is 16.5. The van der Waals surface area contributed by atoms with Crippen molar-refractivity contribution in [2.45, 2.75) is 83.5 Å². The van der Waals surface area contributed by atoms with Gasteiger partial charge < -0.3 is 14.9 Å². The van der Waals surface area contributed by atoms with E-state index in [1.54, 1.807) is 0 Å². The van der Waals surface area contributed by atoms with Gasteiger partial charge in [-0.2, -0.15) is 0 Å². The van der Waals surface area contributed by atoms with Crippen LogP contribution in [0.4, 0.5) is 0 Å². The molecule has 1 saturated carbocycles. The number of aliphatic hydroxyl groups is 2. The molecule has 1 aliphatic carbocycles. The molecule has 31 heavy (non-hydrogen) atoms. The Labute approximate surface area is 185 Å². The molecule has 0 aliphatic heterocycles. The van der Waals surface area contributed by atoms with Gasteiger partial charge in [0.1, 0.15) is 5.78 Å². The van der Waals surface area contributed by atoms with Gasteiger partial charge in [-0.15, -0.1) is 0 Å². The van der Waals surface area contributed by atoms with Crippen molar-refractivity contribution in [1.82, 2.24) is 0 Å². The second kappa shape index (κ2) is 13.2. The Kier molecular flexibility index (Phi) is 10.7. The molecule has 3 atom stereocenters. The summed E-state index contributed by atoms with van der Waals surface area (Å²) >= 11 is 0. The van der Waals surface area contributed by atoms with Crippen LogP contribution in [0, 0.1) is 5.92 Å². The highest BCUT2D eigenvalue weighted by Crippen LogP contribution is 2.35. The lowest BCUT2D eigenvalue weighted by molar-refractivity contribution is -0.147. The van der Waals surface area contributed by atoms with Crippen LogP contribution in [0.2, 0.25) is 0 Å². The molecule has 0 bridgehead atoms. The summed E-state index contributed by atoms with van der Waals surface area (Å²) in [6, 6.07) is 9.91. The quantitative estimate of drug-likeness (QED) is 0.294. The molecule has 3 unspecified atom stereocenters. The van der Waals surface area contributed by atoms with Crippen molar-refractivity contribution in [3.05, 3.63) is 59.7 Å². The van der Waals surface area contributed by atoms with E-state index in [0.717, 1.165) is 24.0 Å². The maximum absolute atomic E-state index is 12.3. The molecule has 0 spiro atoms. The number of benzene rings is 1. The zero-order valence-electron chi connectivity index (χ0n) is 18.7. The van der Waals surface area contributed by atoms with Gasteiger partial charge in [-0.25, -0.2) is 0 Å². The lowest BCUT2D eigenvalue weighted by Gasteiger charge is -2.14. The van der Waals surface area contributed by atoms with Crippen molar-refractivity contribution in [1.29, 1.82) is 0 Å². The highest BCUT2D eigenvalue weighted by molar-refractivity contribution is 5.80. The minimum Gasteiger partial charge on any atom is -0.463 e. The molecule has 170 valence electrons. The van der Waals surface area contributed by atoms with Gasteiger partial charge in [-0.05, 0) is 50.7 Å². The summed E-state index contributed by atoms with van der Waals surface area (Å²) < 4.78 is 5.11. The Morgan fingerprint density at radius 2 is 1.87 bits per heavy atom. The Bertz CT molecular complexity index is 750. The molecule has 5 heteroatoms. The van der Waals surface area contributed by atoms with Crippen molar-refractivity contribution < 1.29 is 24.5 Å². The number of ether oxygens (including phenoxy) is 1. The van der Waals surface area contributed by atoms with Crippen LogP contribution in [-0.4, -0.2) is 40.3 Å². The van der Waals surface area contributed by atoms with Crippen LogP contribution < -0.4 is 0 Å². The van der Waals surface area contributed by atoms with Gasteiger partial charge in [0.15, 0.2) is 0 Å². The molecular weight excluding hydrogens is 392 g/mol. The van der Waals surface area contributed by atoms with E-state index < -0.39 is 12.2 Å². The van der Waals surface area contributed by atoms with Crippen molar-refractivity contribution in [3.63, 3.8) is 0 Å². The first-order valence-electron chi connectivity index (χ1n) is 11.3. The molecule has 2 rings (SSSR count). The summed E-state index contributed by atoms with van der Waals surface area (Å²) in [6.07, 6.45) is 8.67. The van der Waals surface area contributed by atoms with E-state index in [9.17, 15) is 19.8 Å². The fraction of sp³-hybridized carbons (Fsp3) is 0.538. The molecule has 1 aliphatic rings. The van der Waals surface area contributed by atoms with Gasteiger partial charge in [0, 0.05) is 31.6 Å². The van der Waals surface area contributed by atoms with Crippen LogP contribution in [0.1, 0.15) is 64.4 Å². The van der Waals surface area contributed by atoms with E-state index in [-0.39, 0.29) is 30.2 Å². The van der Waals surface area contributed by atoms with Crippen LogP contribution in [0.25, 0.3) is 0 Å². The minimum atomic E-state index is -0.693. The number of ketones is 1. The van der Waals surface area contributed by atoms with Gasteiger partial charge in [-0.1, -0.05) is 48.6 Å². The SMILES string of the molecule is CC(C)OC(=O)CCCC=CCC1C(=CCC(=O)CCc2ccccc2)C(O)CC1O. The largest absolute Gasteiger partial charge is 0.463 e. The van der Waals surface area contributed by atoms with Crippen molar-refractivity contribution >= 4 is 11.8 Å². The third-order valence-electron chi connectivity index (χ3n) is 5.52. The Morgan fingerprint density at radius 3 is 2.58 bits per heavy atom. The average Bonchev–Trinajstić information content (AvgIpc) is 3.00. The third kappa shape index (κ3) is 9.19. The fourth-order valence-corrected chi connectivity index (χ4v) is 3.89. The molecule has 5 nitrogen and oxygen atoms in total. The number of Topliss-reactive ketones (excluding diaryl/α,β-unsaturated/α-hetero) is 1. The second-order valence-electron chi connectivity index (χ2n) is 8.50. The predicted molar refractivity (Wildman–Crippen MR) is 121 cm³/mol. The van der Waals surface area contributed by atoms with Crippen LogP contribution in [-0.2, 0) is 20.7 Å². The van der Waals surface area contributed by atoms with E-state index in [2.05, 4.69) is 0 Å². The van der Waals surface area contributed by atoms with Gasteiger partial charge >= 0.3 is 5.97 Å². The maximum Gasteiger partial charge on any atom is 0.306 e. The fourth-order valence-electron chi connectivity index (χ4n) is 3.89. The standard InChI is InChI=1S/C26H36O5/c1-19(2)31-26(30)13-9-4-3-8-12-22-23(25(29)18-24(22)28)17-16-21(27)15-14-20-10-6-5-7-11-20/h3,5-8,10-11,17,19,22,24-25,28-29H,4,9,12-16,18H2,1-2H3. The van der Waals surface area contributed by atoms with Gasteiger partial charge in [0.25, 0.3) is 0 Å². The number of aliphatic hydroxyl groups excluding tert-OH is 2. The lowest BCUT2D eigenvalue weighted by atomic mass is 9.94. The van der Waals surface area contributed by atoms with Gasteiger partial charge in [0.05, 0.1) is 18.3 Å². The number of aryl methyl sites for hydroxylation is 1. The molecule has 1 aromatic carbocycles. The Balaban J connectivity index is 1.78. The number of unbranched alkanes of at least 4 members (excludes halogenated alkanes) is 1. The predicted octanol–water partition coefficient (Wildman–Crippen LogP) is 4.31. The number of rotatable bonds is 12. The van der Waals surface area contributed by atoms with Gasteiger partial charge in [-0.3, -0.25) is 9.59 Å². The number of carbonyl (C=O) groups excluding carboxylic acids is 2. The van der Waals surface area contributed by atoms with E-state index in [0.29, 0.717) is 32.1 Å². The summed E-state index contributed by atoms with van der Waals surface area (Å²) in [4.78, 5) is 23.8. The summed E-state index contributed by atoms with van der Waals surface area (Å²) in [6.45, 7) is 3.67. The molecular formula is C26H36O5. The normalized spacial score (nSPS) is 22.5. The van der Waals surface area contributed by atoms with Crippen LogP contribution >= 0.6 is 0 Å². The maximum atomic E-state index is 12.3. The topological polar surface area (TPSA) is 83.8 Å².